The van der Waals surface area contributed by atoms with Gasteiger partial charge in [0.1, 0.15) is 17.6 Å². The van der Waals surface area contributed by atoms with Crippen molar-refractivity contribution in [2.45, 2.75) is 40.2 Å². The smallest absolute Gasteiger partial charge is 0.251 e. The summed E-state index contributed by atoms with van der Waals surface area (Å²) in [5, 5.41) is 5.47. The standard InChI is InChI=1S/C22H26N2O4/c1-5-27-20-10-16-9-15(4)28-19(16)11-18(20)24-21(25)12-23-22(26)17-7-13(2)6-14(3)8-17/h6-8,10-11,15H,5,9,12H2,1-4H3,(H,23,26)(H,24,25). The lowest BCUT2D eigenvalue weighted by Crippen LogP contribution is -2.33. The van der Waals surface area contributed by atoms with E-state index in [0.717, 1.165) is 28.9 Å². The number of carbonyl (C=O) groups is 2. The van der Waals surface area contributed by atoms with Gasteiger partial charge in [-0.05, 0) is 45.9 Å². The highest BCUT2D eigenvalue weighted by Gasteiger charge is 2.22. The second kappa shape index (κ2) is 8.33. The van der Waals surface area contributed by atoms with Crippen molar-refractivity contribution in [1.29, 1.82) is 0 Å². The molecule has 148 valence electrons. The third-order valence-corrected chi connectivity index (χ3v) is 4.47. The average Bonchev–Trinajstić information content (AvgIpc) is 2.98. The van der Waals surface area contributed by atoms with Gasteiger partial charge in [0.15, 0.2) is 0 Å². The van der Waals surface area contributed by atoms with Crippen molar-refractivity contribution in [3.63, 3.8) is 0 Å². The van der Waals surface area contributed by atoms with Gasteiger partial charge in [0.05, 0.1) is 18.8 Å². The molecule has 0 fully saturated rings. The first-order chi connectivity index (χ1) is 13.4. The molecule has 1 aliphatic rings. The van der Waals surface area contributed by atoms with Crippen molar-refractivity contribution < 1.29 is 19.1 Å². The predicted octanol–water partition coefficient (Wildman–Crippen LogP) is 3.39. The van der Waals surface area contributed by atoms with E-state index in [-0.39, 0.29) is 24.5 Å². The number of rotatable bonds is 6. The molecule has 1 aliphatic heterocycles. The Bertz CT molecular complexity index is 887. The second-order valence-corrected chi connectivity index (χ2v) is 7.13. The lowest BCUT2D eigenvalue weighted by atomic mass is 10.1. The minimum atomic E-state index is -0.329. The van der Waals surface area contributed by atoms with Gasteiger partial charge in [-0.3, -0.25) is 9.59 Å². The maximum absolute atomic E-state index is 12.4. The summed E-state index contributed by atoms with van der Waals surface area (Å²) in [6.07, 6.45) is 0.919. The number of aryl methyl sites for hydroxylation is 2. The highest BCUT2D eigenvalue weighted by Crippen LogP contribution is 2.38. The van der Waals surface area contributed by atoms with E-state index in [9.17, 15) is 9.59 Å². The fourth-order valence-corrected chi connectivity index (χ4v) is 3.37. The molecule has 0 radical (unpaired) electrons. The van der Waals surface area contributed by atoms with Crippen molar-refractivity contribution in [2.75, 3.05) is 18.5 Å². The molecule has 0 bridgehead atoms. The van der Waals surface area contributed by atoms with Gasteiger partial charge < -0.3 is 20.1 Å². The summed E-state index contributed by atoms with van der Waals surface area (Å²) in [5.41, 5.74) is 4.16. The minimum absolute atomic E-state index is 0.104. The Morgan fingerprint density at radius 3 is 2.54 bits per heavy atom. The molecule has 2 amide bonds. The normalized spacial score (nSPS) is 14.8. The van der Waals surface area contributed by atoms with Crippen LogP contribution in [0.2, 0.25) is 0 Å². The van der Waals surface area contributed by atoms with Gasteiger partial charge in [0, 0.05) is 23.6 Å². The first-order valence-corrected chi connectivity index (χ1v) is 9.48. The molecule has 3 rings (SSSR count). The lowest BCUT2D eigenvalue weighted by molar-refractivity contribution is -0.115. The molecule has 1 atom stereocenters. The molecular weight excluding hydrogens is 356 g/mol. The van der Waals surface area contributed by atoms with Crippen molar-refractivity contribution >= 4 is 17.5 Å². The maximum Gasteiger partial charge on any atom is 0.251 e. The molecule has 1 unspecified atom stereocenters. The van der Waals surface area contributed by atoms with Crippen LogP contribution in [0.25, 0.3) is 0 Å². The van der Waals surface area contributed by atoms with Gasteiger partial charge in [-0.25, -0.2) is 0 Å². The molecule has 0 saturated heterocycles. The summed E-state index contributed by atoms with van der Waals surface area (Å²) in [4.78, 5) is 24.7. The monoisotopic (exact) mass is 382 g/mol. The number of fused-ring (bicyclic) bond motifs is 1. The molecule has 6 nitrogen and oxygen atoms in total. The van der Waals surface area contributed by atoms with E-state index in [2.05, 4.69) is 10.6 Å². The Kier molecular flexibility index (Phi) is 5.87. The van der Waals surface area contributed by atoms with Crippen LogP contribution in [-0.4, -0.2) is 31.1 Å². The van der Waals surface area contributed by atoms with Gasteiger partial charge in [0.2, 0.25) is 5.91 Å². The largest absolute Gasteiger partial charge is 0.492 e. The predicted molar refractivity (Wildman–Crippen MR) is 108 cm³/mol. The second-order valence-electron chi connectivity index (χ2n) is 7.13. The molecule has 0 spiro atoms. The zero-order valence-corrected chi connectivity index (χ0v) is 16.7. The van der Waals surface area contributed by atoms with Gasteiger partial charge in [-0.15, -0.1) is 0 Å². The van der Waals surface area contributed by atoms with Crippen LogP contribution in [0, 0.1) is 13.8 Å². The number of hydrogen-bond donors (Lipinski definition) is 2. The van der Waals surface area contributed by atoms with Crippen molar-refractivity contribution in [1.82, 2.24) is 5.32 Å². The first-order valence-electron chi connectivity index (χ1n) is 9.48. The molecule has 1 heterocycles. The summed E-state index contributed by atoms with van der Waals surface area (Å²) in [6.45, 7) is 8.11. The summed E-state index contributed by atoms with van der Waals surface area (Å²) >= 11 is 0. The van der Waals surface area contributed by atoms with E-state index < -0.39 is 0 Å². The minimum Gasteiger partial charge on any atom is -0.492 e. The van der Waals surface area contributed by atoms with Gasteiger partial charge >= 0.3 is 0 Å². The highest BCUT2D eigenvalue weighted by molar-refractivity contribution is 6.00. The SMILES string of the molecule is CCOc1cc2c(cc1NC(=O)CNC(=O)c1cc(C)cc(C)c1)OC(C)C2. The van der Waals surface area contributed by atoms with Crippen LogP contribution in [0.1, 0.15) is 40.9 Å². The van der Waals surface area contributed by atoms with Crippen molar-refractivity contribution in [2.24, 2.45) is 0 Å². The molecule has 2 N–H and O–H groups in total. The quantitative estimate of drug-likeness (QED) is 0.803. The zero-order chi connectivity index (χ0) is 20.3. The van der Waals surface area contributed by atoms with Gasteiger partial charge in [-0.2, -0.15) is 0 Å². The molecule has 0 aromatic heterocycles. The molecule has 0 saturated carbocycles. The summed E-state index contributed by atoms with van der Waals surface area (Å²) < 4.78 is 11.4. The van der Waals surface area contributed by atoms with E-state index in [1.54, 1.807) is 18.2 Å². The number of carbonyl (C=O) groups excluding carboxylic acids is 2. The van der Waals surface area contributed by atoms with Gasteiger partial charge in [0.25, 0.3) is 5.91 Å². The van der Waals surface area contributed by atoms with Crippen LogP contribution in [0.3, 0.4) is 0 Å². The summed E-state index contributed by atoms with van der Waals surface area (Å²) in [7, 11) is 0. The number of hydrogen-bond acceptors (Lipinski definition) is 4. The maximum atomic E-state index is 12.4. The molecule has 2 aromatic rings. The molecule has 6 heteroatoms. The Labute approximate surface area is 165 Å². The van der Waals surface area contributed by atoms with E-state index in [0.29, 0.717) is 23.6 Å². The lowest BCUT2D eigenvalue weighted by Gasteiger charge is -2.14. The van der Waals surface area contributed by atoms with Crippen LogP contribution < -0.4 is 20.1 Å². The van der Waals surface area contributed by atoms with Crippen LogP contribution >= 0.6 is 0 Å². The third kappa shape index (κ3) is 4.63. The Morgan fingerprint density at radius 2 is 1.86 bits per heavy atom. The Hall–Kier alpha value is -3.02. The fourth-order valence-electron chi connectivity index (χ4n) is 3.37. The van der Waals surface area contributed by atoms with E-state index in [1.807, 2.05) is 39.8 Å². The Balaban J connectivity index is 1.66. The molecule has 0 aliphatic carbocycles. The van der Waals surface area contributed by atoms with Gasteiger partial charge in [-0.1, -0.05) is 17.2 Å². The average molecular weight is 382 g/mol. The molecular formula is C22H26N2O4. The number of nitrogens with one attached hydrogen (secondary N) is 2. The van der Waals surface area contributed by atoms with Crippen LogP contribution in [0.4, 0.5) is 5.69 Å². The zero-order valence-electron chi connectivity index (χ0n) is 16.7. The first kappa shape index (κ1) is 19.7. The van der Waals surface area contributed by atoms with E-state index in [4.69, 9.17) is 9.47 Å². The number of benzene rings is 2. The molecule has 2 aromatic carbocycles. The van der Waals surface area contributed by atoms with E-state index >= 15 is 0 Å². The topological polar surface area (TPSA) is 76.7 Å². The molecule has 28 heavy (non-hydrogen) atoms. The van der Waals surface area contributed by atoms with Crippen molar-refractivity contribution in [3.8, 4) is 11.5 Å². The van der Waals surface area contributed by atoms with Crippen LogP contribution in [-0.2, 0) is 11.2 Å². The summed E-state index contributed by atoms with van der Waals surface area (Å²) in [6, 6.07) is 9.29. The number of anilines is 1. The Morgan fingerprint density at radius 1 is 1.14 bits per heavy atom. The van der Waals surface area contributed by atoms with E-state index in [1.165, 1.54) is 0 Å². The summed E-state index contributed by atoms with van der Waals surface area (Å²) in [5.74, 6) is 0.751. The third-order valence-electron chi connectivity index (χ3n) is 4.47. The highest BCUT2D eigenvalue weighted by atomic mass is 16.5. The number of amides is 2. The fraction of sp³-hybridized carbons (Fsp3) is 0.364. The van der Waals surface area contributed by atoms with Crippen molar-refractivity contribution in [3.05, 3.63) is 52.6 Å². The number of ether oxygens (including phenoxy) is 2. The van der Waals surface area contributed by atoms with Crippen LogP contribution in [0.5, 0.6) is 11.5 Å². The van der Waals surface area contributed by atoms with Crippen LogP contribution in [0.15, 0.2) is 30.3 Å².